The van der Waals surface area contributed by atoms with Crippen molar-refractivity contribution in [3.63, 3.8) is 0 Å². The Morgan fingerprint density at radius 1 is 1.21 bits per heavy atom. The molecule has 3 heteroatoms. The third-order valence-electron chi connectivity index (χ3n) is 3.02. The summed E-state index contributed by atoms with van der Waals surface area (Å²) in [5.41, 5.74) is 1.95. The van der Waals surface area contributed by atoms with Gasteiger partial charge in [0, 0.05) is 19.1 Å². The summed E-state index contributed by atoms with van der Waals surface area (Å²) in [6.07, 6.45) is 1.18. The highest BCUT2D eigenvalue weighted by atomic mass is 15.1. The van der Waals surface area contributed by atoms with Crippen LogP contribution in [0.5, 0.6) is 0 Å². The van der Waals surface area contributed by atoms with Crippen LogP contribution < -0.4 is 5.32 Å². The molecule has 0 amide bonds. The Balaban J connectivity index is 2.52. The Kier molecular flexibility index (Phi) is 6.55. The van der Waals surface area contributed by atoms with E-state index in [0.717, 1.165) is 18.7 Å². The highest BCUT2D eigenvalue weighted by Gasteiger charge is 2.11. The number of hydrogen-bond acceptors (Lipinski definition) is 3. The summed E-state index contributed by atoms with van der Waals surface area (Å²) in [6.45, 7) is 6.42. The van der Waals surface area contributed by atoms with Gasteiger partial charge in [0.1, 0.15) is 0 Å². The summed E-state index contributed by atoms with van der Waals surface area (Å²) < 4.78 is 0. The molecule has 0 spiro atoms. The quantitative estimate of drug-likeness (QED) is 0.818. The molecule has 0 aliphatic heterocycles. The minimum absolute atomic E-state index is 0.505. The molecular weight excluding hydrogens is 234 g/mol. The lowest BCUT2D eigenvalue weighted by Gasteiger charge is -2.24. The Hall–Kier alpha value is -1.37. The van der Waals surface area contributed by atoms with E-state index in [4.69, 9.17) is 5.26 Å². The first kappa shape index (κ1) is 15.7. The molecule has 0 saturated carbocycles. The molecule has 0 bridgehead atoms. The molecule has 0 saturated heterocycles. The second kappa shape index (κ2) is 7.93. The molecule has 19 heavy (non-hydrogen) atoms. The normalized spacial score (nSPS) is 12.7. The van der Waals surface area contributed by atoms with Gasteiger partial charge in [0.25, 0.3) is 0 Å². The van der Waals surface area contributed by atoms with Crippen molar-refractivity contribution in [3.8, 4) is 6.07 Å². The molecule has 1 rings (SSSR count). The van der Waals surface area contributed by atoms with Crippen LogP contribution in [0.2, 0.25) is 0 Å². The predicted molar refractivity (Wildman–Crippen MR) is 79.8 cm³/mol. The van der Waals surface area contributed by atoms with Crippen LogP contribution in [0.3, 0.4) is 0 Å². The van der Waals surface area contributed by atoms with Crippen molar-refractivity contribution in [2.24, 2.45) is 5.92 Å². The monoisotopic (exact) mass is 259 g/mol. The van der Waals surface area contributed by atoms with Crippen LogP contribution >= 0.6 is 0 Å². The Morgan fingerprint density at radius 2 is 1.84 bits per heavy atom. The molecule has 1 aromatic rings. The first-order valence-electron chi connectivity index (χ1n) is 6.88. The van der Waals surface area contributed by atoms with Crippen molar-refractivity contribution in [3.05, 3.63) is 35.4 Å². The topological polar surface area (TPSA) is 39.1 Å². The van der Waals surface area contributed by atoms with Gasteiger partial charge in [-0.3, -0.25) is 0 Å². The molecule has 0 aliphatic carbocycles. The van der Waals surface area contributed by atoms with E-state index in [1.54, 1.807) is 0 Å². The average molecular weight is 259 g/mol. The van der Waals surface area contributed by atoms with Gasteiger partial charge in [-0.1, -0.05) is 26.0 Å². The highest BCUT2D eigenvalue weighted by Crippen LogP contribution is 2.08. The summed E-state index contributed by atoms with van der Waals surface area (Å²) in [7, 11) is 4.22. The summed E-state index contributed by atoms with van der Waals surface area (Å²) in [5, 5.41) is 12.4. The van der Waals surface area contributed by atoms with Gasteiger partial charge < -0.3 is 10.2 Å². The molecule has 1 aromatic carbocycles. The lowest BCUT2D eigenvalue weighted by atomic mass is 10.0. The van der Waals surface area contributed by atoms with Gasteiger partial charge in [-0.25, -0.2) is 0 Å². The molecule has 104 valence electrons. The van der Waals surface area contributed by atoms with E-state index < -0.39 is 0 Å². The molecular formula is C16H25N3. The van der Waals surface area contributed by atoms with Crippen molar-refractivity contribution in [2.75, 3.05) is 20.6 Å². The zero-order valence-electron chi connectivity index (χ0n) is 12.5. The number of likely N-dealkylation sites (N-methyl/N-ethyl adjacent to an activating group) is 1. The highest BCUT2D eigenvalue weighted by molar-refractivity contribution is 5.31. The molecule has 0 fully saturated rings. The van der Waals surface area contributed by atoms with Crippen LogP contribution in [0.15, 0.2) is 24.3 Å². The maximum atomic E-state index is 8.77. The second-order valence-corrected chi connectivity index (χ2v) is 5.78. The van der Waals surface area contributed by atoms with Gasteiger partial charge >= 0.3 is 0 Å². The lowest BCUT2D eigenvalue weighted by molar-refractivity contribution is 0.305. The van der Waals surface area contributed by atoms with E-state index in [2.05, 4.69) is 44.2 Å². The zero-order valence-corrected chi connectivity index (χ0v) is 12.5. The third kappa shape index (κ3) is 6.37. The average Bonchev–Trinajstić information content (AvgIpc) is 2.35. The summed E-state index contributed by atoms with van der Waals surface area (Å²) in [6, 6.07) is 10.4. The van der Waals surface area contributed by atoms with Crippen molar-refractivity contribution < 1.29 is 0 Å². The van der Waals surface area contributed by atoms with Crippen LogP contribution in [0.25, 0.3) is 0 Å². The van der Waals surface area contributed by atoms with Crippen molar-refractivity contribution >= 4 is 0 Å². The van der Waals surface area contributed by atoms with Gasteiger partial charge in [0.05, 0.1) is 11.6 Å². The number of rotatable bonds is 7. The van der Waals surface area contributed by atoms with Gasteiger partial charge in [-0.05, 0) is 44.1 Å². The largest absolute Gasteiger partial charge is 0.309 e. The number of nitrogens with zero attached hydrogens (tertiary/aromatic N) is 2. The zero-order chi connectivity index (χ0) is 14.3. The van der Waals surface area contributed by atoms with E-state index in [0.29, 0.717) is 12.0 Å². The molecule has 0 heterocycles. The Bertz CT molecular complexity index is 391. The standard InChI is InChI=1S/C16H25N3/c1-13(2)9-16(12-19(3)4)18-11-15-7-5-14(10-17)6-8-15/h5-8,13,16,18H,9,11-12H2,1-4H3. The Morgan fingerprint density at radius 3 is 2.32 bits per heavy atom. The molecule has 0 aromatic heterocycles. The van der Waals surface area contributed by atoms with E-state index in [-0.39, 0.29) is 0 Å². The fourth-order valence-electron chi connectivity index (χ4n) is 2.19. The number of hydrogen-bond donors (Lipinski definition) is 1. The number of benzene rings is 1. The number of nitrogens with one attached hydrogen (secondary N) is 1. The fraction of sp³-hybridized carbons (Fsp3) is 0.562. The maximum Gasteiger partial charge on any atom is 0.0991 e. The van der Waals surface area contributed by atoms with Crippen LogP contribution in [0, 0.1) is 17.2 Å². The van der Waals surface area contributed by atoms with E-state index in [1.807, 2.05) is 24.3 Å². The summed E-state index contributed by atoms with van der Waals surface area (Å²) in [5.74, 6) is 0.693. The van der Waals surface area contributed by atoms with Gasteiger partial charge in [0.15, 0.2) is 0 Å². The summed E-state index contributed by atoms with van der Waals surface area (Å²) >= 11 is 0. The molecule has 1 N–H and O–H groups in total. The lowest BCUT2D eigenvalue weighted by Crippen LogP contribution is -2.38. The smallest absolute Gasteiger partial charge is 0.0991 e. The van der Waals surface area contributed by atoms with Crippen molar-refractivity contribution in [1.82, 2.24) is 10.2 Å². The first-order chi connectivity index (χ1) is 9.01. The molecule has 0 aliphatic rings. The minimum Gasteiger partial charge on any atom is -0.309 e. The molecule has 3 nitrogen and oxygen atoms in total. The second-order valence-electron chi connectivity index (χ2n) is 5.78. The molecule has 0 radical (unpaired) electrons. The predicted octanol–water partition coefficient (Wildman–Crippen LogP) is 2.62. The molecule has 1 atom stereocenters. The van der Waals surface area contributed by atoms with E-state index in [9.17, 15) is 0 Å². The maximum absolute atomic E-state index is 8.77. The van der Waals surface area contributed by atoms with E-state index in [1.165, 1.54) is 12.0 Å². The number of nitriles is 1. The summed E-state index contributed by atoms with van der Waals surface area (Å²) in [4.78, 5) is 2.22. The minimum atomic E-state index is 0.505. The van der Waals surface area contributed by atoms with Crippen molar-refractivity contribution in [1.29, 1.82) is 5.26 Å². The van der Waals surface area contributed by atoms with Gasteiger partial charge in [-0.2, -0.15) is 5.26 Å². The van der Waals surface area contributed by atoms with Crippen LogP contribution in [-0.4, -0.2) is 31.6 Å². The van der Waals surface area contributed by atoms with Crippen molar-refractivity contribution in [2.45, 2.75) is 32.9 Å². The van der Waals surface area contributed by atoms with E-state index >= 15 is 0 Å². The first-order valence-corrected chi connectivity index (χ1v) is 6.88. The molecule has 1 unspecified atom stereocenters. The van der Waals surface area contributed by atoms with Gasteiger partial charge in [-0.15, -0.1) is 0 Å². The third-order valence-corrected chi connectivity index (χ3v) is 3.02. The van der Waals surface area contributed by atoms with Crippen LogP contribution in [0.4, 0.5) is 0 Å². The van der Waals surface area contributed by atoms with Gasteiger partial charge in [0.2, 0.25) is 0 Å². The SMILES string of the molecule is CC(C)CC(CN(C)C)NCc1ccc(C#N)cc1. The Labute approximate surface area is 117 Å². The van der Waals surface area contributed by atoms with Crippen LogP contribution in [-0.2, 0) is 6.54 Å². The fourth-order valence-corrected chi connectivity index (χ4v) is 2.19. The van der Waals surface area contributed by atoms with Crippen LogP contribution in [0.1, 0.15) is 31.4 Å².